The lowest BCUT2D eigenvalue weighted by atomic mass is 10.1. The molecule has 1 aliphatic heterocycles. The normalized spacial score (nSPS) is 18.4. The smallest absolute Gasteiger partial charge is 0.169 e. The third-order valence-electron chi connectivity index (χ3n) is 3.91. The van der Waals surface area contributed by atoms with E-state index in [1.165, 1.54) is 20.0 Å². The maximum absolute atomic E-state index is 14.3. The number of ether oxygens (including phenoxy) is 2. The largest absolute Gasteiger partial charge is 0.494 e. The van der Waals surface area contributed by atoms with E-state index >= 15 is 0 Å². The zero-order chi connectivity index (χ0) is 15.1. The molecule has 1 fully saturated rings. The summed E-state index contributed by atoms with van der Waals surface area (Å²) in [6.07, 6.45) is 2.40. The van der Waals surface area contributed by atoms with Gasteiger partial charge in [-0.15, -0.1) is 0 Å². The highest BCUT2D eigenvalue weighted by molar-refractivity contribution is 5.31. The van der Waals surface area contributed by atoms with Crippen LogP contribution in [-0.4, -0.2) is 51.4 Å². The molecule has 5 heteroatoms. The minimum atomic E-state index is -0.262. The molecule has 0 radical (unpaired) electrons. The standard InChI is InChI=1S/C16H25FN2O2/c1-20-10-9-19(12-14-6-4-8-18-14)11-13-5-3-7-15(21-2)16(13)17/h3,5,7,14,18H,4,6,8-12H2,1-2H3. The van der Waals surface area contributed by atoms with Crippen molar-refractivity contribution >= 4 is 0 Å². The van der Waals surface area contributed by atoms with E-state index in [0.29, 0.717) is 30.5 Å². The minimum Gasteiger partial charge on any atom is -0.494 e. The first-order chi connectivity index (χ1) is 10.2. The second-order valence-electron chi connectivity index (χ2n) is 5.45. The first-order valence-electron chi connectivity index (χ1n) is 7.50. The first-order valence-corrected chi connectivity index (χ1v) is 7.50. The molecule has 1 unspecified atom stereocenters. The van der Waals surface area contributed by atoms with E-state index < -0.39 is 0 Å². The summed E-state index contributed by atoms with van der Waals surface area (Å²) in [4.78, 5) is 2.24. The van der Waals surface area contributed by atoms with Crippen LogP contribution in [0.1, 0.15) is 18.4 Å². The van der Waals surface area contributed by atoms with Crippen molar-refractivity contribution in [1.82, 2.24) is 10.2 Å². The van der Waals surface area contributed by atoms with Crippen molar-refractivity contribution in [2.24, 2.45) is 0 Å². The Morgan fingerprint density at radius 1 is 1.38 bits per heavy atom. The van der Waals surface area contributed by atoms with Crippen molar-refractivity contribution in [1.29, 1.82) is 0 Å². The van der Waals surface area contributed by atoms with E-state index in [0.717, 1.165) is 19.6 Å². The number of hydrogen-bond donors (Lipinski definition) is 1. The zero-order valence-corrected chi connectivity index (χ0v) is 12.9. The molecule has 4 nitrogen and oxygen atoms in total. The lowest BCUT2D eigenvalue weighted by molar-refractivity contribution is 0.137. The molecule has 0 aliphatic carbocycles. The van der Waals surface area contributed by atoms with Crippen molar-refractivity contribution in [2.45, 2.75) is 25.4 Å². The molecule has 0 spiro atoms. The molecule has 2 rings (SSSR count). The van der Waals surface area contributed by atoms with Crippen molar-refractivity contribution < 1.29 is 13.9 Å². The zero-order valence-electron chi connectivity index (χ0n) is 12.9. The molecule has 21 heavy (non-hydrogen) atoms. The Hall–Kier alpha value is -1.17. The molecule has 1 heterocycles. The molecule has 1 N–H and O–H groups in total. The average molecular weight is 296 g/mol. The number of rotatable bonds is 8. The predicted molar refractivity (Wildman–Crippen MR) is 81.1 cm³/mol. The second kappa shape index (κ2) is 8.32. The Kier molecular flexibility index (Phi) is 6.42. The van der Waals surface area contributed by atoms with Crippen molar-refractivity contribution in [3.63, 3.8) is 0 Å². The number of nitrogens with one attached hydrogen (secondary N) is 1. The van der Waals surface area contributed by atoms with Gasteiger partial charge in [0.15, 0.2) is 11.6 Å². The summed E-state index contributed by atoms with van der Waals surface area (Å²) in [7, 11) is 3.19. The van der Waals surface area contributed by atoms with Gasteiger partial charge in [-0.1, -0.05) is 12.1 Å². The molecule has 1 aromatic carbocycles. The van der Waals surface area contributed by atoms with E-state index in [1.807, 2.05) is 12.1 Å². The van der Waals surface area contributed by atoms with E-state index in [1.54, 1.807) is 13.2 Å². The Morgan fingerprint density at radius 2 is 2.24 bits per heavy atom. The molecule has 0 aromatic heterocycles. The monoisotopic (exact) mass is 296 g/mol. The predicted octanol–water partition coefficient (Wildman–Crippen LogP) is 2.03. The highest BCUT2D eigenvalue weighted by Crippen LogP contribution is 2.21. The average Bonchev–Trinajstić information content (AvgIpc) is 3.00. The quantitative estimate of drug-likeness (QED) is 0.796. The lowest BCUT2D eigenvalue weighted by Gasteiger charge is -2.25. The van der Waals surface area contributed by atoms with E-state index in [9.17, 15) is 4.39 Å². The molecule has 1 saturated heterocycles. The van der Waals surface area contributed by atoms with Crippen LogP contribution in [0.15, 0.2) is 18.2 Å². The summed E-state index contributed by atoms with van der Waals surface area (Å²) in [5.74, 6) is 0.0416. The third-order valence-corrected chi connectivity index (χ3v) is 3.91. The highest BCUT2D eigenvalue weighted by atomic mass is 19.1. The number of hydrogen-bond acceptors (Lipinski definition) is 4. The van der Waals surface area contributed by atoms with Gasteiger partial charge in [-0.2, -0.15) is 0 Å². The maximum atomic E-state index is 14.3. The van der Waals surface area contributed by atoms with Crippen LogP contribution < -0.4 is 10.1 Å². The lowest BCUT2D eigenvalue weighted by Crippen LogP contribution is -2.39. The first kappa shape index (κ1) is 16.2. The number of nitrogens with zero attached hydrogens (tertiary/aromatic N) is 1. The minimum absolute atomic E-state index is 0.262. The van der Waals surface area contributed by atoms with Crippen LogP contribution in [0, 0.1) is 5.82 Å². The van der Waals surface area contributed by atoms with Crippen molar-refractivity contribution in [2.75, 3.05) is 40.5 Å². The van der Waals surface area contributed by atoms with Gasteiger partial charge in [0, 0.05) is 38.3 Å². The number of methoxy groups -OCH3 is 2. The van der Waals surface area contributed by atoms with Gasteiger partial charge in [0.25, 0.3) is 0 Å². The van der Waals surface area contributed by atoms with Crippen LogP contribution in [0.25, 0.3) is 0 Å². The fraction of sp³-hybridized carbons (Fsp3) is 0.625. The summed E-state index contributed by atoms with van der Waals surface area (Å²) in [5, 5.41) is 3.49. The van der Waals surface area contributed by atoms with E-state index in [2.05, 4.69) is 10.2 Å². The van der Waals surface area contributed by atoms with Crippen LogP contribution in [0.5, 0.6) is 5.75 Å². The Morgan fingerprint density at radius 3 is 2.90 bits per heavy atom. The van der Waals surface area contributed by atoms with Gasteiger partial charge in [0.1, 0.15) is 0 Å². The van der Waals surface area contributed by atoms with Gasteiger partial charge < -0.3 is 14.8 Å². The molecule has 1 aliphatic rings. The molecular weight excluding hydrogens is 271 g/mol. The number of halogens is 1. The van der Waals surface area contributed by atoms with Crippen LogP contribution in [-0.2, 0) is 11.3 Å². The molecule has 0 amide bonds. The summed E-state index contributed by atoms with van der Waals surface area (Å²) in [6, 6.07) is 5.80. The van der Waals surface area contributed by atoms with Gasteiger partial charge in [0.2, 0.25) is 0 Å². The summed E-state index contributed by atoms with van der Waals surface area (Å²) >= 11 is 0. The summed E-state index contributed by atoms with van der Waals surface area (Å²) in [5.41, 5.74) is 0.670. The van der Waals surface area contributed by atoms with Crippen molar-refractivity contribution in [3.8, 4) is 5.75 Å². The molecule has 1 aromatic rings. The molecule has 0 bridgehead atoms. The SMILES string of the molecule is COCCN(Cc1cccc(OC)c1F)CC1CCCN1. The van der Waals surface area contributed by atoms with Gasteiger partial charge in [-0.05, 0) is 25.5 Å². The fourth-order valence-corrected chi connectivity index (χ4v) is 2.76. The Bertz CT molecular complexity index is 436. The van der Waals surface area contributed by atoms with Gasteiger partial charge in [-0.3, -0.25) is 4.90 Å². The van der Waals surface area contributed by atoms with Gasteiger partial charge in [0.05, 0.1) is 13.7 Å². The molecule has 1 atom stereocenters. The molecular formula is C16H25FN2O2. The van der Waals surface area contributed by atoms with Crippen molar-refractivity contribution in [3.05, 3.63) is 29.6 Å². The van der Waals surface area contributed by atoms with Crippen LogP contribution in [0.4, 0.5) is 4.39 Å². The van der Waals surface area contributed by atoms with Crippen LogP contribution >= 0.6 is 0 Å². The van der Waals surface area contributed by atoms with Crippen LogP contribution in [0.3, 0.4) is 0 Å². The van der Waals surface area contributed by atoms with Gasteiger partial charge >= 0.3 is 0 Å². The summed E-state index contributed by atoms with van der Waals surface area (Å²) in [6.45, 7) is 4.02. The molecule has 0 saturated carbocycles. The van der Waals surface area contributed by atoms with E-state index in [4.69, 9.17) is 9.47 Å². The topological polar surface area (TPSA) is 33.7 Å². The summed E-state index contributed by atoms with van der Waals surface area (Å²) < 4.78 is 24.5. The van der Waals surface area contributed by atoms with E-state index in [-0.39, 0.29) is 5.82 Å². The highest BCUT2D eigenvalue weighted by Gasteiger charge is 2.19. The Balaban J connectivity index is 2.02. The maximum Gasteiger partial charge on any atom is 0.169 e. The van der Waals surface area contributed by atoms with Crippen LogP contribution in [0.2, 0.25) is 0 Å². The Labute approximate surface area is 126 Å². The third kappa shape index (κ3) is 4.66. The number of benzene rings is 1. The molecule has 118 valence electrons. The van der Waals surface area contributed by atoms with Gasteiger partial charge in [-0.25, -0.2) is 4.39 Å². The second-order valence-corrected chi connectivity index (χ2v) is 5.45. The fourth-order valence-electron chi connectivity index (χ4n) is 2.76.